The van der Waals surface area contributed by atoms with Crippen molar-refractivity contribution < 1.29 is 14.0 Å². The lowest BCUT2D eigenvalue weighted by molar-refractivity contribution is -0.117. The fourth-order valence-corrected chi connectivity index (χ4v) is 3.11. The van der Waals surface area contributed by atoms with Gasteiger partial charge >= 0.3 is 0 Å². The summed E-state index contributed by atoms with van der Waals surface area (Å²) in [6, 6.07) is 11.2. The molecule has 1 atom stereocenters. The lowest BCUT2D eigenvalue weighted by Gasteiger charge is -2.17. The number of benzene rings is 2. The van der Waals surface area contributed by atoms with Gasteiger partial charge in [0.2, 0.25) is 5.91 Å². The van der Waals surface area contributed by atoms with Crippen molar-refractivity contribution in [2.75, 3.05) is 11.4 Å². The Morgan fingerprint density at radius 1 is 1.24 bits per heavy atom. The van der Waals surface area contributed by atoms with Gasteiger partial charge in [0.1, 0.15) is 5.82 Å². The zero-order valence-corrected chi connectivity index (χ0v) is 14.4. The maximum absolute atomic E-state index is 13.0. The van der Waals surface area contributed by atoms with Crippen molar-refractivity contribution in [3.63, 3.8) is 0 Å². The van der Waals surface area contributed by atoms with Crippen LogP contribution in [-0.4, -0.2) is 18.4 Å². The maximum atomic E-state index is 13.0. The van der Waals surface area contributed by atoms with Gasteiger partial charge in [0.15, 0.2) is 0 Å². The predicted molar refractivity (Wildman–Crippen MR) is 95.1 cm³/mol. The Labute approximate surface area is 146 Å². The number of nitrogens with zero attached hydrogens (tertiary/aromatic N) is 1. The summed E-state index contributed by atoms with van der Waals surface area (Å²) in [6.07, 6.45) is 1.23. The molecule has 2 amide bonds. The summed E-state index contributed by atoms with van der Waals surface area (Å²) in [4.78, 5) is 26.4. The van der Waals surface area contributed by atoms with E-state index in [9.17, 15) is 14.0 Å². The summed E-state index contributed by atoms with van der Waals surface area (Å²) in [5, 5.41) is 2.91. The third kappa shape index (κ3) is 3.55. The molecule has 0 radical (unpaired) electrons. The highest BCUT2D eigenvalue weighted by Gasteiger charge is 2.27. The predicted octanol–water partition coefficient (Wildman–Crippen LogP) is 3.62. The molecule has 0 spiro atoms. The minimum absolute atomic E-state index is 0.0779. The number of anilines is 1. The molecule has 1 heterocycles. The number of rotatable bonds is 5. The minimum Gasteiger partial charge on any atom is -0.346 e. The molecule has 130 valence electrons. The van der Waals surface area contributed by atoms with Crippen LogP contribution < -0.4 is 10.2 Å². The summed E-state index contributed by atoms with van der Waals surface area (Å²) in [5.74, 6) is -0.433. The van der Waals surface area contributed by atoms with E-state index in [1.807, 2.05) is 19.9 Å². The fraction of sp³-hybridized carbons (Fsp3) is 0.300. The number of fused-ring (bicyclic) bond motifs is 1. The molecule has 0 aromatic heterocycles. The molecule has 0 saturated carbocycles. The van der Waals surface area contributed by atoms with Gasteiger partial charge in [-0.15, -0.1) is 0 Å². The normalized spacial score (nSPS) is 14.4. The molecular formula is C20H21FN2O2. The first-order valence-corrected chi connectivity index (χ1v) is 8.49. The van der Waals surface area contributed by atoms with E-state index in [0.29, 0.717) is 18.5 Å². The third-order valence-electron chi connectivity index (χ3n) is 4.44. The van der Waals surface area contributed by atoms with E-state index in [1.165, 1.54) is 12.1 Å². The first kappa shape index (κ1) is 17.1. The van der Waals surface area contributed by atoms with Crippen LogP contribution in [0.2, 0.25) is 0 Å². The Morgan fingerprint density at radius 2 is 1.96 bits per heavy atom. The van der Waals surface area contributed by atoms with Crippen LogP contribution >= 0.6 is 0 Å². The van der Waals surface area contributed by atoms with Gasteiger partial charge in [0.05, 0.1) is 12.5 Å². The number of hydrogen-bond acceptors (Lipinski definition) is 2. The van der Waals surface area contributed by atoms with E-state index in [4.69, 9.17) is 0 Å². The number of nitrogens with one attached hydrogen (secondary N) is 1. The van der Waals surface area contributed by atoms with Gasteiger partial charge in [-0.2, -0.15) is 0 Å². The molecule has 2 aromatic carbocycles. The molecule has 2 aromatic rings. The second-order valence-corrected chi connectivity index (χ2v) is 6.31. The lowest BCUT2D eigenvalue weighted by Crippen LogP contribution is -2.27. The maximum Gasteiger partial charge on any atom is 0.251 e. The van der Waals surface area contributed by atoms with Gasteiger partial charge in [0.25, 0.3) is 5.91 Å². The molecule has 0 aliphatic carbocycles. The zero-order chi connectivity index (χ0) is 18.0. The second-order valence-electron chi connectivity index (χ2n) is 6.31. The van der Waals surface area contributed by atoms with Crippen molar-refractivity contribution in [1.29, 1.82) is 0 Å². The van der Waals surface area contributed by atoms with Crippen LogP contribution in [0.25, 0.3) is 0 Å². The highest BCUT2D eigenvalue weighted by atomic mass is 19.1. The largest absolute Gasteiger partial charge is 0.346 e. The van der Waals surface area contributed by atoms with Crippen molar-refractivity contribution in [1.82, 2.24) is 5.32 Å². The van der Waals surface area contributed by atoms with E-state index >= 15 is 0 Å². The Kier molecular flexibility index (Phi) is 4.83. The molecule has 0 fully saturated rings. The highest BCUT2D eigenvalue weighted by Crippen LogP contribution is 2.30. The average Bonchev–Trinajstić information content (AvgIpc) is 2.90. The smallest absolute Gasteiger partial charge is 0.251 e. The van der Waals surface area contributed by atoms with E-state index in [-0.39, 0.29) is 23.7 Å². The van der Waals surface area contributed by atoms with Crippen molar-refractivity contribution in [3.8, 4) is 0 Å². The van der Waals surface area contributed by atoms with E-state index in [2.05, 4.69) is 5.32 Å². The van der Waals surface area contributed by atoms with E-state index in [0.717, 1.165) is 23.2 Å². The first-order valence-electron chi connectivity index (χ1n) is 8.49. The van der Waals surface area contributed by atoms with Crippen LogP contribution in [0.1, 0.15) is 47.8 Å². The van der Waals surface area contributed by atoms with Gasteiger partial charge in [0, 0.05) is 17.8 Å². The monoisotopic (exact) mass is 340 g/mol. The van der Waals surface area contributed by atoms with Crippen LogP contribution in [-0.2, 0) is 11.2 Å². The van der Waals surface area contributed by atoms with Crippen molar-refractivity contribution in [3.05, 3.63) is 65.0 Å². The number of halogens is 1. The van der Waals surface area contributed by atoms with Crippen LogP contribution in [0.4, 0.5) is 10.1 Å². The number of amides is 2. The summed E-state index contributed by atoms with van der Waals surface area (Å²) in [5.41, 5.74) is 3.15. The summed E-state index contributed by atoms with van der Waals surface area (Å²) >= 11 is 0. The Bertz CT molecular complexity index is 802. The molecular weight excluding hydrogens is 319 g/mol. The van der Waals surface area contributed by atoms with Gasteiger partial charge in [-0.25, -0.2) is 4.39 Å². The lowest BCUT2D eigenvalue weighted by atomic mass is 10.1. The SMILES string of the molecule is CCCN1C(=O)Cc2cc(C(=O)N[C@@H](C)c3ccc(F)cc3)ccc21. The number of carbonyl (C=O) groups excluding carboxylic acids is 2. The molecule has 0 saturated heterocycles. The topological polar surface area (TPSA) is 49.4 Å². The molecule has 1 N–H and O–H groups in total. The number of carbonyl (C=O) groups is 2. The Morgan fingerprint density at radius 3 is 2.64 bits per heavy atom. The zero-order valence-electron chi connectivity index (χ0n) is 14.4. The third-order valence-corrected chi connectivity index (χ3v) is 4.44. The van der Waals surface area contributed by atoms with Gasteiger partial charge < -0.3 is 10.2 Å². The average molecular weight is 340 g/mol. The van der Waals surface area contributed by atoms with Crippen LogP contribution in [0, 0.1) is 5.82 Å². The van der Waals surface area contributed by atoms with E-state index in [1.54, 1.807) is 29.2 Å². The van der Waals surface area contributed by atoms with Crippen molar-refractivity contribution in [2.45, 2.75) is 32.7 Å². The summed E-state index contributed by atoms with van der Waals surface area (Å²) in [7, 11) is 0. The summed E-state index contributed by atoms with van der Waals surface area (Å²) < 4.78 is 13.0. The first-order chi connectivity index (χ1) is 12.0. The Hall–Kier alpha value is -2.69. The molecule has 1 aliphatic rings. The standard InChI is InChI=1S/C20H21FN2O2/c1-3-10-23-18-9-6-15(11-16(18)12-19(23)24)20(25)22-13(2)14-4-7-17(21)8-5-14/h4-9,11,13H,3,10,12H2,1-2H3,(H,22,25)/t13-/m0/s1. The Balaban J connectivity index is 1.74. The van der Waals surface area contributed by atoms with Crippen molar-refractivity contribution in [2.24, 2.45) is 0 Å². The van der Waals surface area contributed by atoms with Crippen LogP contribution in [0.5, 0.6) is 0 Å². The minimum atomic E-state index is -0.304. The molecule has 4 nitrogen and oxygen atoms in total. The molecule has 0 unspecified atom stereocenters. The van der Waals surface area contributed by atoms with Crippen LogP contribution in [0.3, 0.4) is 0 Å². The van der Waals surface area contributed by atoms with Crippen LogP contribution in [0.15, 0.2) is 42.5 Å². The molecule has 5 heteroatoms. The molecule has 1 aliphatic heterocycles. The summed E-state index contributed by atoms with van der Waals surface area (Å²) in [6.45, 7) is 4.58. The van der Waals surface area contributed by atoms with Gasteiger partial charge in [-0.3, -0.25) is 9.59 Å². The molecule has 3 rings (SSSR count). The molecule has 0 bridgehead atoms. The van der Waals surface area contributed by atoms with E-state index < -0.39 is 0 Å². The fourth-order valence-electron chi connectivity index (χ4n) is 3.11. The second kappa shape index (κ2) is 7.05. The number of hydrogen-bond donors (Lipinski definition) is 1. The molecule has 25 heavy (non-hydrogen) atoms. The quantitative estimate of drug-likeness (QED) is 0.904. The highest BCUT2D eigenvalue weighted by molar-refractivity contribution is 6.03. The van der Waals surface area contributed by atoms with Gasteiger partial charge in [-0.1, -0.05) is 19.1 Å². The van der Waals surface area contributed by atoms with Gasteiger partial charge in [-0.05, 0) is 54.8 Å². The van der Waals surface area contributed by atoms with Crippen molar-refractivity contribution >= 4 is 17.5 Å².